The lowest BCUT2D eigenvalue weighted by Gasteiger charge is -2.33. The summed E-state index contributed by atoms with van der Waals surface area (Å²) >= 11 is 0. The van der Waals surface area contributed by atoms with E-state index in [1.165, 1.54) is 0 Å². The van der Waals surface area contributed by atoms with Crippen LogP contribution in [-0.4, -0.2) is 30.5 Å². The molecule has 0 bridgehead atoms. The van der Waals surface area contributed by atoms with E-state index in [0.29, 0.717) is 11.5 Å². The first kappa shape index (κ1) is 14.3. The number of nitrogens with one attached hydrogen (secondary N) is 1. The monoisotopic (exact) mass is 272 g/mol. The second-order valence-corrected chi connectivity index (χ2v) is 5.30. The summed E-state index contributed by atoms with van der Waals surface area (Å²) in [5.41, 5.74) is 1.57. The predicted octanol–water partition coefficient (Wildman–Crippen LogP) is 1.61. The van der Waals surface area contributed by atoms with Crippen molar-refractivity contribution in [2.75, 3.05) is 24.5 Å². The van der Waals surface area contributed by atoms with E-state index in [2.05, 4.69) is 21.3 Å². The number of pyridine rings is 1. The molecule has 1 aromatic rings. The van der Waals surface area contributed by atoms with Crippen molar-refractivity contribution in [2.24, 2.45) is 5.92 Å². The highest BCUT2D eigenvalue weighted by molar-refractivity contribution is 5.72. The van der Waals surface area contributed by atoms with Gasteiger partial charge in [-0.15, -0.1) is 0 Å². The van der Waals surface area contributed by atoms with Crippen LogP contribution in [0.2, 0.25) is 0 Å². The molecule has 0 aliphatic carbocycles. The molecule has 0 radical (unpaired) electrons. The molecule has 1 fully saturated rings. The number of carbonyl (C=O) groups is 1. The standard InChI is InChI=1S/C15H20N4O/c1-11-3-4-14(9-16)15(18-11)19-7-5-13(6-8-19)10-17-12(2)20/h3-4,13H,5-8,10H2,1-2H3,(H,17,20). The van der Waals surface area contributed by atoms with E-state index in [1.807, 2.05) is 19.1 Å². The number of hydrogen-bond donors (Lipinski definition) is 1. The average molecular weight is 272 g/mol. The fourth-order valence-electron chi connectivity index (χ4n) is 2.51. The second-order valence-electron chi connectivity index (χ2n) is 5.30. The summed E-state index contributed by atoms with van der Waals surface area (Å²) in [5.74, 6) is 1.34. The molecule has 5 heteroatoms. The molecule has 0 atom stereocenters. The number of rotatable bonds is 3. The largest absolute Gasteiger partial charge is 0.356 e. The molecule has 1 amide bonds. The number of hydrogen-bond acceptors (Lipinski definition) is 4. The first-order chi connectivity index (χ1) is 9.60. The van der Waals surface area contributed by atoms with Crippen LogP contribution in [0.5, 0.6) is 0 Å². The Morgan fingerprint density at radius 2 is 2.20 bits per heavy atom. The predicted molar refractivity (Wildman–Crippen MR) is 77.3 cm³/mol. The van der Waals surface area contributed by atoms with Crippen molar-refractivity contribution in [2.45, 2.75) is 26.7 Å². The summed E-state index contributed by atoms with van der Waals surface area (Å²) in [7, 11) is 0. The number of anilines is 1. The highest BCUT2D eigenvalue weighted by Gasteiger charge is 2.22. The first-order valence-electron chi connectivity index (χ1n) is 6.97. The van der Waals surface area contributed by atoms with E-state index in [4.69, 9.17) is 0 Å². The zero-order valence-electron chi connectivity index (χ0n) is 12.0. The smallest absolute Gasteiger partial charge is 0.216 e. The lowest BCUT2D eigenvalue weighted by Crippen LogP contribution is -2.39. The number of carbonyl (C=O) groups excluding carboxylic acids is 1. The Bertz CT molecular complexity index is 527. The fourth-order valence-corrected chi connectivity index (χ4v) is 2.51. The fraction of sp³-hybridized carbons (Fsp3) is 0.533. The molecule has 1 saturated heterocycles. The summed E-state index contributed by atoms with van der Waals surface area (Å²) in [4.78, 5) is 17.6. The van der Waals surface area contributed by atoms with E-state index in [0.717, 1.165) is 44.0 Å². The van der Waals surface area contributed by atoms with Crippen molar-refractivity contribution < 1.29 is 4.79 Å². The van der Waals surface area contributed by atoms with Crippen LogP contribution in [0.4, 0.5) is 5.82 Å². The van der Waals surface area contributed by atoms with Crippen LogP contribution in [-0.2, 0) is 4.79 Å². The maximum atomic E-state index is 10.9. The van der Waals surface area contributed by atoms with E-state index >= 15 is 0 Å². The summed E-state index contributed by atoms with van der Waals surface area (Å²) in [6.45, 7) is 6.00. The third-order valence-corrected chi connectivity index (χ3v) is 3.69. The Kier molecular flexibility index (Phi) is 4.57. The van der Waals surface area contributed by atoms with Gasteiger partial charge in [-0.2, -0.15) is 5.26 Å². The number of amides is 1. The lowest BCUT2D eigenvalue weighted by atomic mass is 9.96. The molecule has 106 valence electrons. The Labute approximate surface area is 119 Å². The van der Waals surface area contributed by atoms with Gasteiger partial charge in [0, 0.05) is 32.3 Å². The van der Waals surface area contributed by atoms with Crippen molar-refractivity contribution in [1.82, 2.24) is 10.3 Å². The van der Waals surface area contributed by atoms with Gasteiger partial charge in [-0.25, -0.2) is 4.98 Å². The van der Waals surface area contributed by atoms with Crippen LogP contribution in [0.25, 0.3) is 0 Å². The van der Waals surface area contributed by atoms with E-state index < -0.39 is 0 Å². The lowest BCUT2D eigenvalue weighted by molar-refractivity contribution is -0.119. The minimum atomic E-state index is 0.0274. The van der Waals surface area contributed by atoms with Gasteiger partial charge in [0.05, 0.1) is 5.56 Å². The molecule has 0 spiro atoms. The molecule has 20 heavy (non-hydrogen) atoms. The molecule has 2 rings (SSSR count). The molecule has 2 heterocycles. The van der Waals surface area contributed by atoms with Crippen LogP contribution in [0, 0.1) is 24.2 Å². The van der Waals surface area contributed by atoms with Crippen LogP contribution in [0.15, 0.2) is 12.1 Å². The van der Waals surface area contributed by atoms with Crippen LogP contribution in [0.3, 0.4) is 0 Å². The first-order valence-corrected chi connectivity index (χ1v) is 6.97. The Hall–Kier alpha value is -2.09. The average Bonchev–Trinajstić information content (AvgIpc) is 2.45. The van der Waals surface area contributed by atoms with Gasteiger partial charge in [-0.05, 0) is 37.8 Å². The van der Waals surface area contributed by atoms with Gasteiger partial charge in [-0.1, -0.05) is 0 Å². The minimum absolute atomic E-state index is 0.0274. The topological polar surface area (TPSA) is 69.0 Å². The number of piperidine rings is 1. The van der Waals surface area contributed by atoms with Gasteiger partial charge in [0.2, 0.25) is 5.91 Å². The zero-order valence-corrected chi connectivity index (χ0v) is 12.0. The Balaban J connectivity index is 1.99. The molecule has 1 aliphatic rings. The second kappa shape index (κ2) is 6.38. The van der Waals surface area contributed by atoms with E-state index in [9.17, 15) is 10.1 Å². The zero-order chi connectivity index (χ0) is 14.5. The molecule has 1 aromatic heterocycles. The number of nitrogens with zero attached hydrogens (tertiary/aromatic N) is 3. The third kappa shape index (κ3) is 3.47. The van der Waals surface area contributed by atoms with Gasteiger partial charge in [0.1, 0.15) is 11.9 Å². The van der Waals surface area contributed by atoms with Crippen LogP contribution >= 0.6 is 0 Å². The molecule has 1 aliphatic heterocycles. The molecule has 1 N–H and O–H groups in total. The van der Waals surface area contributed by atoms with E-state index in [-0.39, 0.29) is 5.91 Å². The summed E-state index contributed by atoms with van der Waals surface area (Å²) in [6, 6.07) is 5.91. The molecule has 0 saturated carbocycles. The third-order valence-electron chi connectivity index (χ3n) is 3.69. The molecule has 0 unspecified atom stereocenters. The molecule has 5 nitrogen and oxygen atoms in total. The van der Waals surface area contributed by atoms with Crippen LogP contribution in [0.1, 0.15) is 31.0 Å². The highest BCUT2D eigenvalue weighted by atomic mass is 16.1. The van der Waals surface area contributed by atoms with Crippen molar-refractivity contribution in [3.8, 4) is 6.07 Å². The van der Waals surface area contributed by atoms with Crippen molar-refractivity contribution in [3.63, 3.8) is 0 Å². The normalized spacial score (nSPS) is 15.8. The number of aromatic nitrogens is 1. The maximum Gasteiger partial charge on any atom is 0.216 e. The highest BCUT2D eigenvalue weighted by Crippen LogP contribution is 2.24. The van der Waals surface area contributed by atoms with E-state index in [1.54, 1.807) is 6.92 Å². The van der Waals surface area contributed by atoms with Crippen molar-refractivity contribution in [3.05, 3.63) is 23.4 Å². The van der Waals surface area contributed by atoms with Crippen LogP contribution < -0.4 is 10.2 Å². The Morgan fingerprint density at radius 1 is 1.50 bits per heavy atom. The molecule has 0 aromatic carbocycles. The van der Waals surface area contributed by atoms with Crippen molar-refractivity contribution >= 4 is 11.7 Å². The SMILES string of the molecule is CC(=O)NCC1CCN(c2nc(C)ccc2C#N)CC1. The minimum Gasteiger partial charge on any atom is -0.356 e. The van der Waals surface area contributed by atoms with Gasteiger partial charge < -0.3 is 10.2 Å². The van der Waals surface area contributed by atoms with Gasteiger partial charge in [-0.3, -0.25) is 4.79 Å². The maximum absolute atomic E-state index is 10.9. The number of nitriles is 1. The molecular formula is C15H20N4O. The van der Waals surface area contributed by atoms with Gasteiger partial charge >= 0.3 is 0 Å². The summed E-state index contributed by atoms with van der Waals surface area (Å²) in [5, 5.41) is 12.0. The Morgan fingerprint density at radius 3 is 2.80 bits per heavy atom. The molecular weight excluding hydrogens is 252 g/mol. The van der Waals surface area contributed by atoms with Gasteiger partial charge in [0.25, 0.3) is 0 Å². The quantitative estimate of drug-likeness (QED) is 0.907. The van der Waals surface area contributed by atoms with Crippen molar-refractivity contribution in [1.29, 1.82) is 5.26 Å². The summed E-state index contributed by atoms with van der Waals surface area (Å²) < 4.78 is 0. The summed E-state index contributed by atoms with van der Waals surface area (Å²) in [6.07, 6.45) is 2.03. The van der Waals surface area contributed by atoms with Gasteiger partial charge in [0.15, 0.2) is 0 Å². The number of aryl methyl sites for hydroxylation is 1.